The van der Waals surface area contributed by atoms with Crippen LogP contribution in [0.1, 0.15) is 52.4 Å². The van der Waals surface area contributed by atoms with E-state index in [-0.39, 0.29) is 29.1 Å². The minimum atomic E-state index is -1.34. The van der Waals surface area contributed by atoms with Crippen LogP contribution >= 0.6 is 17.0 Å². The fourth-order valence-corrected chi connectivity index (χ4v) is 3.19. The van der Waals surface area contributed by atoms with Crippen LogP contribution in [0.2, 0.25) is 0 Å². The molecule has 0 spiro atoms. The average molecular weight is 382 g/mol. The highest BCUT2D eigenvalue weighted by Crippen LogP contribution is 2.31. The Morgan fingerprint density at radius 3 is 1.55 bits per heavy atom. The molecule has 22 heavy (non-hydrogen) atoms. The number of carboxylic acids is 2. The number of hydrogen-bond acceptors (Lipinski definition) is 4. The number of rotatable bonds is 8. The van der Waals surface area contributed by atoms with Crippen molar-refractivity contribution >= 4 is 28.9 Å². The second kappa shape index (κ2) is 10.2. The van der Waals surface area contributed by atoms with Gasteiger partial charge in [0.25, 0.3) is 0 Å². The second-order valence-electron chi connectivity index (χ2n) is 5.88. The van der Waals surface area contributed by atoms with E-state index in [1.165, 1.54) is 0 Å². The molecule has 0 aliphatic carbocycles. The first kappa shape index (κ1) is 21.3. The molecular formula is C15H28BrNO5. The number of hydrogen-bond donors (Lipinski definition) is 4. The maximum atomic E-state index is 11.4. The van der Waals surface area contributed by atoms with Gasteiger partial charge in [0.15, 0.2) is 0 Å². The van der Waals surface area contributed by atoms with Crippen molar-refractivity contribution in [3.63, 3.8) is 0 Å². The summed E-state index contributed by atoms with van der Waals surface area (Å²) < 4.78 is 0. The Labute approximate surface area is 142 Å². The van der Waals surface area contributed by atoms with Gasteiger partial charge in [-0.2, -0.15) is 0 Å². The van der Waals surface area contributed by atoms with E-state index in [1.54, 1.807) is 0 Å². The van der Waals surface area contributed by atoms with Crippen molar-refractivity contribution in [1.82, 2.24) is 5.32 Å². The van der Waals surface area contributed by atoms with E-state index < -0.39 is 29.9 Å². The molecule has 1 aliphatic rings. The lowest BCUT2D eigenvalue weighted by Gasteiger charge is -2.43. The number of aliphatic hydroxyl groups is 1. The molecule has 1 saturated heterocycles. The van der Waals surface area contributed by atoms with Crippen LogP contribution in [0.15, 0.2) is 0 Å². The highest BCUT2D eigenvalue weighted by Gasteiger charge is 2.49. The van der Waals surface area contributed by atoms with Crippen LogP contribution in [-0.4, -0.2) is 45.4 Å². The molecule has 130 valence electrons. The van der Waals surface area contributed by atoms with Crippen molar-refractivity contribution in [2.75, 3.05) is 0 Å². The van der Waals surface area contributed by atoms with Gasteiger partial charge in [0, 0.05) is 12.1 Å². The summed E-state index contributed by atoms with van der Waals surface area (Å²) in [5.41, 5.74) is 0. The van der Waals surface area contributed by atoms with Gasteiger partial charge < -0.3 is 20.6 Å². The smallest absolute Gasteiger partial charge is 0.310 e. The first-order valence-electron chi connectivity index (χ1n) is 7.83. The van der Waals surface area contributed by atoms with E-state index in [4.69, 9.17) is 0 Å². The Bertz CT molecular complexity index is 334. The SMILES string of the molecule is Br.CCCCC1NC(CCCC)C(C(=O)O)C(O)C1C(=O)O. The number of aliphatic carboxylic acids is 2. The Morgan fingerprint density at radius 2 is 1.27 bits per heavy atom. The maximum absolute atomic E-state index is 11.4. The molecule has 6 nitrogen and oxygen atoms in total. The van der Waals surface area contributed by atoms with Crippen LogP contribution in [0, 0.1) is 11.8 Å². The molecule has 4 atom stereocenters. The van der Waals surface area contributed by atoms with Gasteiger partial charge in [0.1, 0.15) is 0 Å². The van der Waals surface area contributed by atoms with Gasteiger partial charge in [-0.05, 0) is 12.8 Å². The summed E-state index contributed by atoms with van der Waals surface area (Å²) >= 11 is 0. The van der Waals surface area contributed by atoms with Crippen LogP contribution in [-0.2, 0) is 9.59 Å². The van der Waals surface area contributed by atoms with Crippen molar-refractivity contribution < 1.29 is 24.9 Å². The third-order valence-corrected chi connectivity index (χ3v) is 4.34. The zero-order chi connectivity index (χ0) is 16.0. The van der Waals surface area contributed by atoms with Gasteiger partial charge in [-0.1, -0.05) is 39.5 Å². The molecule has 0 aromatic heterocycles. The summed E-state index contributed by atoms with van der Waals surface area (Å²) in [7, 11) is 0. The molecule has 0 radical (unpaired) electrons. The van der Waals surface area contributed by atoms with Crippen molar-refractivity contribution in [2.24, 2.45) is 11.8 Å². The zero-order valence-electron chi connectivity index (χ0n) is 13.2. The maximum Gasteiger partial charge on any atom is 0.310 e. The summed E-state index contributed by atoms with van der Waals surface area (Å²) in [5.74, 6) is -4.38. The van der Waals surface area contributed by atoms with Crippen LogP contribution < -0.4 is 5.32 Å². The Hall–Kier alpha value is -0.660. The average Bonchev–Trinajstić information content (AvgIpc) is 2.41. The molecule has 0 saturated carbocycles. The normalized spacial score (nSPS) is 31.3. The van der Waals surface area contributed by atoms with Gasteiger partial charge >= 0.3 is 11.9 Å². The second-order valence-corrected chi connectivity index (χ2v) is 5.88. The predicted molar refractivity (Wildman–Crippen MR) is 88.3 cm³/mol. The molecule has 4 unspecified atom stereocenters. The van der Waals surface area contributed by atoms with Crippen molar-refractivity contribution in [1.29, 1.82) is 0 Å². The molecule has 0 amide bonds. The lowest BCUT2D eigenvalue weighted by atomic mass is 9.74. The van der Waals surface area contributed by atoms with Crippen molar-refractivity contribution in [3.05, 3.63) is 0 Å². The lowest BCUT2D eigenvalue weighted by molar-refractivity contribution is -0.162. The fraction of sp³-hybridized carbons (Fsp3) is 0.867. The molecule has 0 aromatic rings. The molecule has 1 aliphatic heterocycles. The number of nitrogens with one attached hydrogen (secondary N) is 1. The summed E-state index contributed by atoms with van der Waals surface area (Å²) in [6.45, 7) is 4.04. The van der Waals surface area contributed by atoms with E-state index in [2.05, 4.69) is 5.32 Å². The Balaban J connectivity index is 0.00000441. The number of unbranched alkanes of at least 4 members (excludes halogenated alkanes) is 2. The topological polar surface area (TPSA) is 107 Å². The Morgan fingerprint density at radius 1 is 0.909 bits per heavy atom. The zero-order valence-corrected chi connectivity index (χ0v) is 14.9. The summed E-state index contributed by atoms with van der Waals surface area (Å²) in [5, 5.41) is 32.2. The van der Waals surface area contributed by atoms with Gasteiger partial charge in [-0.25, -0.2) is 0 Å². The van der Waals surface area contributed by atoms with Crippen molar-refractivity contribution in [2.45, 2.75) is 70.6 Å². The lowest BCUT2D eigenvalue weighted by Crippen LogP contribution is -2.63. The minimum absolute atomic E-state index is 0. The van der Waals surface area contributed by atoms with E-state index >= 15 is 0 Å². The molecule has 1 rings (SSSR count). The van der Waals surface area contributed by atoms with Gasteiger partial charge in [0.2, 0.25) is 0 Å². The summed E-state index contributed by atoms with van der Waals surface area (Å²) in [6.07, 6.45) is 3.51. The monoisotopic (exact) mass is 381 g/mol. The van der Waals surface area contributed by atoms with Crippen molar-refractivity contribution in [3.8, 4) is 0 Å². The summed E-state index contributed by atoms with van der Waals surface area (Å²) in [6, 6.07) is -0.732. The standard InChI is InChI=1S/C15H27NO5.BrH/c1-3-5-7-9-11(14(18)19)13(17)12(15(20)21)10(16-9)8-6-4-2;/h9-13,16-17H,3-8H2,1-2H3,(H,18,19)(H,20,21);1H. The minimum Gasteiger partial charge on any atom is -0.481 e. The molecule has 0 aromatic carbocycles. The number of carboxylic acid groups (broad SMARTS) is 2. The van der Waals surface area contributed by atoms with E-state index in [0.29, 0.717) is 12.8 Å². The number of halogens is 1. The van der Waals surface area contributed by atoms with Crippen LogP contribution in [0.5, 0.6) is 0 Å². The number of aliphatic hydroxyl groups excluding tert-OH is 1. The van der Waals surface area contributed by atoms with Crippen LogP contribution in [0.25, 0.3) is 0 Å². The predicted octanol–water partition coefficient (Wildman–Crippen LogP) is 2.05. The van der Waals surface area contributed by atoms with Gasteiger partial charge in [-0.3, -0.25) is 9.59 Å². The fourth-order valence-electron chi connectivity index (χ4n) is 3.19. The third-order valence-electron chi connectivity index (χ3n) is 4.34. The first-order chi connectivity index (χ1) is 9.93. The quantitative estimate of drug-likeness (QED) is 0.512. The molecular weight excluding hydrogens is 354 g/mol. The molecule has 4 N–H and O–H groups in total. The van der Waals surface area contributed by atoms with E-state index in [0.717, 1.165) is 25.7 Å². The number of carbonyl (C=O) groups is 2. The first-order valence-corrected chi connectivity index (χ1v) is 7.83. The van der Waals surface area contributed by atoms with Crippen LogP contribution in [0.3, 0.4) is 0 Å². The molecule has 0 bridgehead atoms. The molecule has 1 fully saturated rings. The highest BCUT2D eigenvalue weighted by molar-refractivity contribution is 8.93. The van der Waals surface area contributed by atoms with Crippen LogP contribution in [0.4, 0.5) is 0 Å². The largest absolute Gasteiger partial charge is 0.481 e. The molecule has 1 heterocycles. The Kier molecular flexibility index (Phi) is 9.87. The molecule has 7 heteroatoms. The van der Waals surface area contributed by atoms with Gasteiger partial charge in [0.05, 0.1) is 17.9 Å². The van der Waals surface area contributed by atoms with E-state index in [1.807, 2.05) is 13.8 Å². The highest BCUT2D eigenvalue weighted by atomic mass is 79.9. The third kappa shape index (κ3) is 5.21. The summed E-state index contributed by atoms with van der Waals surface area (Å²) in [4.78, 5) is 22.9. The van der Waals surface area contributed by atoms with E-state index in [9.17, 15) is 24.9 Å². The van der Waals surface area contributed by atoms with Gasteiger partial charge in [-0.15, -0.1) is 17.0 Å². The number of piperidine rings is 1.